The number of benzene rings is 1. The number of carbonyl (C=O) groups excluding carboxylic acids is 1. The molecule has 3 rings (SSSR count). The Morgan fingerprint density at radius 2 is 1.93 bits per heavy atom. The van der Waals surface area contributed by atoms with Gasteiger partial charge in [-0.1, -0.05) is 19.8 Å². The van der Waals surface area contributed by atoms with Crippen molar-refractivity contribution >= 4 is 22.8 Å². The third-order valence-corrected chi connectivity index (χ3v) is 5.72. The van der Waals surface area contributed by atoms with E-state index in [1.165, 1.54) is 0 Å². The van der Waals surface area contributed by atoms with Crippen molar-refractivity contribution in [1.29, 1.82) is 0 Å². The molecular weight excluding hydrogens is 386 g/mol. The van der Waals surface area contributed by atoms with E-state index < -0.39 is 24.0 Å². The molecule has 30 heavy (non-hydrogen) atoms. The number of carbonyl (C=O) groups is 2. The summed E-state index contributed by atoms with van der Waals surface area (Å²) >= 11 is 0. The van der Waals surface area contributed by atoms with Crippen molar-refractivity contribution in [3.05, 3.63) is 39.2 Å². The fraction of sp³-hybridized carbons (Fsp3) is 0.522. The molecule has 0 saturated heterocycles. The summed E-state index contributed by atoms with van der Waals surface area (Å²) in [5, 5.41) is 12.8. The standard InChI is InChI=1S/C23H29NO6/c1-4-5-10-18(22(26)27)24-21(25)14(3)29-19-12-11-16-15-8-6-7-9-17(15)23(28)30-20(16)13(19)2/h11-12,14,18H,4-10H2,1-3H3,(H,24,25)(H,26,27)/t14-,18-/m0/s1. The number of fused-ring (bicyclic) bond motifs is 3. The van der Waals surface area contributed by atoms with E-state index in [2.05, 4.69) is 5.32 Å². The number of aliphatic carboxylic acids is 1. The number of hydrogen-bond donors (Lipinski definition) is 2. The van der Waals surface area contributed by atoms with Crippen LogP contribution in [0.4, 0.5) is 0 Å². The number of unbranched alkanes of at least 4 members (excludes halogenated alkanes) is 1. The first kappa shape index (κ1) is 21.9. The Morgan fingerprint density at radius 1 is 1.23 bits per heavy atom. The molecule has 1 amide bonds. The maximum absolute atomic E-state index is 12.5. The average Bonchev–Trinajstić information content (AvgIpc) is 2.73. The summed E-state index contributed by atoms with van der Waals surface area (Å²) < 4.78 is 11.4. The largest absolute Gasteiger partial charge is 0.480 e. The highest BCUT2D eigenvalue weighted by molar-refractivity contribution is 5.88. The lowest BCUT2D eigenvalue weighted by atomic mass is 9.90. The van der Waals surface area contributed by atoms with Gasteiger partial charge in [0, 0.05) is 16.5 Å². The van der Waals surface area contributed by atoms with Gasteiger partial charge in [0.2, 0.25) is 0 Å². The maximum Gasteiger partial charge on any atom is 0.339 e. The van der Waals surface area contributed by atoms with Crippen LogP contribution in [0.15, 0.2) is 21.3 Å². The Balaban J connectivity index is 1.81. The molecule has 0 saturated carbocycles. The Labute approximate surface area is 175 Å². The number of hydrogen-bond acceptors (Lipinski definition) is 5. The number of amides is 1. The van der Waals surface area contributed by atoms with E-state index in [0.29, 0.717) is 29.7 Å². The van der Waals surface area contributed by atoms with E-state index >= 15 is 0 Å². The van der Waals surface area contributed by atoms with Crippen molar-refractivity contribution in [2.75, 3.05) is 0 Å². The lowest BCUT2D eigenvalue weighted by molar-refractivity contribution is -0.143. The van der Waals surface area contributed by atoms with Gasteiger partial charge < -0.3 is 19.6 Å². The van der Waals surface area contributed by atoms with E-state index in [-0.39, 0.29) is 5.63 Å². The van der Waals surface area contributed by atoms with Crippen LogP contribution in [0.3, 0.4) is 0 Å². The Kier molecular flexibility index (Phi) is 6.80. The number of ether oxygens (including phenoxy) is 1. The molecule has 1 aromatic heterocycles. The molecule has 0 fully saturated rings. The van der Waals surface area contributed by atoms with E-state index in [1.54, 1.807) is 19.9 Å². The second kappa shape index (κ2) is 9.32. The summed E-state index contributed by atoms with van der Waals surface area (Å²) in [4.78, 5) is 36.3. The molecule has 1 aliphatic rings. The van der Waals surface area contributed by atoms with Gasteiger partial charge in [0.15, 0.2) is 6.10 Å². The van der Waals surface area contributed by atoms with Crippen molar-refractivity contribution in [3.8, 4) is 5.75 Å². The molecule has 1 heterocycles. The van der Waals surface area contributed by atoms with Crippen LogP contribution in [-0.2, 0) is 22.4 Å². The zero-order valence-corrected chi connectivity index (χ0v) is 17.7. The van der Waals surface area contributed by atoms with Gasteiger partial charge in [0.1, 0.15) is 17.4 Å². The number of rotatable bonds is 8. The van der Waals surface area contributed by atoms with Crippen molar-refractivity contribution in [3.63, 3.8) is 0 Å². The van der Waals surface area contributed by atoms with Gasteiger partial charge in [0.05, 0.1) is 0 Å². The van der Waals surface area contributed by atoms with E-state index in [4.69, 9.17) is 9.15 Å². The second-order valence-electron chi connectivity index (χ2n) is 7.92. The topological polar surface area (TPSA) is 106 Å². The predicted octanol–water partition coefficient (Wildman–Crippen LogP) is 3.51. The fourth-order valence-corrected chi connectivity index (χ4v) is 3.95. The summed E-state index contributed by atoms with van der Waals surface area (Å²) in [6.45, 7) is 5.33. The van der Waals surface area contributed by atoms with E-state index in [1.807, 2.05) is 13.0 Å². The number of aryl methyl sites for hydroxylation is 2. The van der Waals surface area contributed by atoms with Crippen LogP contribution < -0.4 is 15.7 Å². The van der Waals surface area contributed by atoms with Crippen LogP contribution in [0.5, 0.6) is 5.75 Å². The highest BCUT2D eigenvalue weighted by Gasteiger charge is 2.25. The van der Waals surface area contributed by atoms with Crippen molar-refractivity contribution < 1.29 is 23.8 Å². The number of nitrogens with one attached hydrogen (secondary N) is 1. The van der Waals surface area contributed by atoms with Gasteiger partial charge in [-0.25, -0.2) is 9.59 Å². The first-order chi connectivity index (χ1) is 14.3. The third kappa shape index (κ3) is 4.50. The zero-order chi connectivity index (χ0) is 21.8. The Morgan fingerprint density at radius 3 is 2.60 bits per heavy atom. The minimum Gasteiger partial charge on any atom is -0.480 e. The molecule has 162 valence electrons. The minimum atomic E-state index is -1.06. The molecule has 1 aromatic carbocycles. The molecule has 0 spiro atoms. The molecule has 7 nitrogen and oxygen atoms in total. The molecule has 2 aromatic rings. The van der Waals surface area contributed by atoms with Crippen LogP contribution >= 0.6 is 0 Å². The van der Waals surface area contributed by atoms with Gasteiger partial charge >= 0.3 is 11.6 Å². The molecule has 2 N–H and O–H groups in total. The zero-order valence-electron chi connectivity index (χ0n) is 17.7. The third-order valence-electron chi connectivity index (χ3n) is 5.72. The van der Waals surface area contributed by atoms with Crippen LogP contribution in [0.2, 0.25) is 0 Å². The summed E-state index contributed by atoms with van der Waals surface area (Å²) in [7, 11) is 0. The minimum absolute atomic E-state index is 0.302. The van der Waals surface area contributed by atoms with E-state index in [9.17, 15) is 19.5 Å². The second-order valence-corrected chi connectivity index (χ2v) is 7.92. The molecule has 2 atom stereocenters. The Hall–Kier alpha value is -2.83. The van der Waals surface area contributed by atoms with Crippen molar-refractivity contribution in [1.82, 2.24) is 5.32 Å². The quantitative estimate of drug-likeness (QED) is 0.639. The lowest BCUT2D eigenvalue weighted by Gasteiger charge is -2.21. The normalized spacial score (nSPS) is 15.3. The number of carboxylic acids is 1. The predicted molar refractivity (Wildman–Crippen MR) is 113 cm³/mol. The summed E-state index contributed by atoms with van der Waals surface area (Å²) in [5.41, 5.74) is 2.65. The van der Waals surface area contributed by atoms with Gasteiger partial charge in [-0.15, -0.1) is 0 Å². The van der Waals surface area contributed by atoms with Gasteiger partial charge in [0.25, 0.3) is 5.91 Å². The van der Waals surface area contributed by atoms with Gasteiger partial charge in [-0.2, -0.15) is 0 Å². The summed E-state index contributed by atoms with van der Waals surface area (Å²) in [5.74, 6) is -1.12. The molecule has 7 heteroatoms. The first-order valence-corrected chi connectivity index (χ1v) is 10.6. The van der Waals surface area contributed by atoms with E-state index in [0.717, 1.165) is 48.6 Å². The molecule has 0 bridgehead atoms. The summed E-state index contributed by atoms with van der Waals surface area (Å²) in [6.07, 6.45) is 4.66. The van der Waals surface area contributed by atoms with Crippen molar-refractivity contribution in [2.24, 2.45) is 0 Å². The monoisotopic (exact) mass is 415 g/mol. The highest BCUT2D eigenvalue weighted by Crippen LogP contribution is 2.32. The van der Waals surface area contributed by atoms with Crippen molar-refractivity contribution in [2.45, 2.75) is 77.9 Å². The SMILES string of the molecule is CCCC[C@H](NC(=O)[C@H](C)Oc1ccc2c3c(c(=O)oc2c1C)CCCC3)C(=O)O. The fourth-order valence-electron chi connectivity index (χ4n) is 3.95. The first-order valence-electron chi connectivity index (χ1n) is 10.6. The van der Waals surface area contributed by atoms with Crippen LogP contribution in [0.1, 0.15) is 62.6 Å². The Bertz CT molecular complexity index is 1010. The van der Waals surface area contributed by atoms with Crippen LogP contribution in [0.25, 0.3) is 11.0 Å². The van der Waals surface area contributed by atoms with Gasteiger partial charge in [-0.3, -0.25) is 4.79 Å². The molecule has 0 unspecified atom stereocenters. The van der Waals surface area contributed by atoms with Crippen LogP contribution in [-0.4, -0.2) is 29.1 Å². The average molecular weight is 415 g/mol. The summed E-state index contributed by atoms with van der Waals surface area (Å²) in [6, 6.07) is 2.71. The van der Waals surface area contributed by atoms with Crippen LogP contribution in [0, 0.1) is 6.92 Å². The molecule has 0 radical (unpaired) electrons. The highest BCUT2D eigenvalue weighted by atomic mass is 16.5. The molecular formula is C23H29NO6. The number of carboxylic acid groups (broad SMARTS) is 1. The smallest absolute Gasteiger partial charge is 0.339 e. The van der Waals surface area contributed by atoms with Gasteiger partial charge in [-0.05, 0) is 63.6 Å². The molecule has 0 aliphatic heterocycles. The maximum atomic E-state index is 12.5. The lowest BCUT2D eigenvalue weighted by Crippen LogP contribution is -2.46. The molecule has 1 aliphatic carbocycles.